The summed E-state index contributed by atoms with van der Waals surface area (Å²) in [4.78, 5) is 2.66. The summed E-state index contributed by atoms with van der Waals surface area (Å²) >= 11 is 0. The molecule has 0 aromatic heterocycles. The minimum atomic E-state index is -0.829. The van der Waals surface area contributed by atoms with Crippen molar-refractivity contribution in [1.82, 2.24) is 4.90 Å². The third-order valence-corrected chi connectivity index (χ3v) is 6.41. The van der Waals surface area contributed by atoms with Crippen molar-refractivity contribution >= 4 is 0 Å². The molecule has 0 radical (unpaired) electrons. The minimum Gasteiger partial charge on any atom is -0.496 e. The number of benzene rings is 1. The zero-order chi connectivity index (χ0) is 16.0. The number of ether oxygens (including phenoxy) is 1. The minimum absolute atomic E-state index is 0.273. The van der Waals surface area contributed by atoms with Gasteiger partial charge in [-0.05, 0) is 69.0 Å². The Hall–Kier alpha value is -1.16. The number of piperidine rings is 1. The van der Waals surface area contributed by atoms with Gasteiger partial charge in [0.2, 0.25) is 0 Å². The second-order valence-corrected chi connectivity index (χ2v) is 7.56. The number of hydrogen-bond donors (Lipinski definition) is 0. The highest BCUT2D eigenvalue weighted by Crippen LogP contribution is 2.48. The standard InChI is InChI=1S/C19H25F2NO/c1-23-19-11-17(21)16(20)10-15(19)13-4-6-22(7-5-13)18-9-12-2-3-14(18)8-12/h10-14,18H,2-9H2,1H3/t12-,14-,18+/m0/s1. The van der Waals surface area contributed by atoms with Crippen molar-refractivity contribution in [1.29, 1.82) is 0 Å². The molecule has 2 nitrogen and oxygen atoms in total. The van der Waals surface area contributed by atoms with Crippen LogP contribution in [0.2, 0.25) is 0 Å². The summed E-state index contributed by atoms with van der Waals surface area (Å²) in [6.45, 7) is 2.14. The van der Waals surface area contributed by atoms with Crippen molar-refractivity contribution in [3.8, 4) is 5.75 Å². The van der Waals surface area contributed by atoms with E-state index in [0.29, 0.717) is 5.75 Å². The van der Waals surface area contributed by atoms with Crippen LogP contribution in [0.1, 0.15) is 50.0 Å². The van der Waals surface area contributed by atoms with Gasteiger partial charge in [-0.25, -0.2) is 8.78 Å². The topological polar surface area (TPSA) is 12.5 Å². The van der Waals surface area contributed by atoms with Gasteiger partial charge in [0.1, 0.15) is 5.75 Å². The molecule has 2 aliphatic carbocycles. The van der Waals surface area contributed by atoms with Gasteiger partial charge in [0.25, 0.3) is 0 Å². The number of hydrogen-bond acceptors (Lipinski definition) is 2. The van der Waals surface area contributed by atoms with Crippen LogP contribution in [0.3, 0.4) is 0 Å². The van der Waals surface area contributed by atoms with Crippen molar-refractivity contribution in [2.75, 3.05) is 20.2 Å². The van der Waals surface area contributed by atoms with E-state index in [0.717, 1.165) is 49.4 Å². The van der Waals surface area contributed by atoms with Gasteiger partial charge in [-0.15, -0.1) is 0 Å². The van der Waals surface area contributed by atoms with Crippen LogP contribution < -0.4 is 4.74 Å². The van der Waals surface area contributed by atoms with E-state index in [9.17, 15) is 8.78 Å². The highest BCUT2D eigenvalue weighted by Gasteiger charge is 2.43. The first-order valence-electron chi connectivity index (χ1n) is 8.92. The molecule has 3 aliphatic rings. The Morgan fingerprint density at radius 3 is 2.35 bits per heavy atom. The summed E-state index contributed by atoms with van der Waals surface area (Å²) < 4.78 is 32.3. The molecule has 3 atom stereocenters. The lowest BCUT2D eigenvalue weighted by molar-refractivity contribution is 0.110. The molecule has 1 aliphatic heterocycles. The fourth-order valence-electron chi connectivity index (χ4n) is 5.24. The second-order valence-electron chi connectivity index (χ2n) is 7.56. The molecular formula is C19H25F2NO. The largest absolute Gasteiger partial charge is 0.496 e. The third kappa shape index (κ3) is 2.75. The van der Waals surface area contributed by atoms with E-state index in [4.69, 9.17) is 4.74 Å². The van der Waals surface area contributed by atoms with Gasteiger partial charge >= 0.3 is 0 Å². The molecule has 1 heterocycles. The predicted molar refractivity (Wildman–Crippen MR) is 85.7 cm³/mol. The first-order valence-corrected chi connectivity index (χ1v) is 8.92. The molecule has 126 valence electrons. The first kappa shape index (κ1) is 15.4. The van der Waals surface area contributed by atoms with Crippen molar-refractivity contribution in [2.45, 2.75) is 50.5 Å². The lowest BCUT2D eigenvalue weighted by atomic mass is 9.86. The number of methoxy groups -OCH3 is 1. The van der Waals surface area contributed by atoms with E-state index < -0.39 is 11.6 Å². The van der Waals surface area contributed by atoms with Gasteiger partial charge in [0.15, 0.2) is 11.6 Å². The zero-order valence-corrected chi connectivity index (χ0v) is 13.7. The smallest absolute Gasteiger partial charge is 0.162 e. The number of rotatable bonds is 3. The van der Waals surface area contributed by atoms with Gasteiger partial charge in [-0.1, -0.05) is 6.42 Å². The fraction of sp³-hybridized carbons (Fsp3) is 0.684. The Morgan fingerprint density at radius 1 is 1.00 bits per heavy atom. The molecular weight excluding hydrogens is 296 g/mol. The van der Waals surface area contributed by atoms with Crippen LogP contribution in [-0.4, -0.2) is 31.1 Å². The molecule has 0 amide bonds. The quantitative estimate of drug-likeness (QED) is 0.821. The number of fused-ring (bicyclic) bond motifs is 2. The van der Waals surface area contributed by atoms with E-state index in [1.807, 2.05) is 0 Å². The average Bonchev–Trinajstić information content (AvgIpc) is 3.20. The van der Waals surface area contributed by atoms with Crippen molar-refractivity contribution in [3.63, 3.8) is 0 Å². The average molecular weight is 321 g/mol. The summed E-state index contributed by atoms with van der Waals surface area (Å²) in [5, 5.41) is 0. The van der Waals surface area contributed by atoms with Crippen LogP contribution in [0.25, 0.3) is 0 Å². The summed E-state index contributed by atoms with van der Waals surface area (Å²) in [5.74, 6) is 1.04. The van der Waals surface area contributed by atoms with E-state index in [1.54, 1.807) is 0 Å². The molecule has 1 saturated heterocycles. The SMILES string of the molecule is COc1cc(F)c(F)cc1C1CCN([C@@H]2C[C@H]3CC[C@H]2C3)CC1. The highest BCUT2D eigenvalue weighted by molar-refractivity contribution is 5.38. The van der Waals surface area contributed by atoms with Crippen LogP contribution in [0.15, 0.2) is 12.1 Å². The fourth-order valence-corrected chi connectivity index (χ4v) is 5.24. The Labute approximate surface area is 136 Å². The molecule has 1 aromatic rings. The highest BCUT2D eigenvalue weighted by atomic mass is 19.2. The summed E-state index contributed by atoms with van der Waals surface area (Å²) in [6.07, 6.45) is 7.67. The first-order chi connectivity index (χ1) is 11.2. The van der Waals surface area contributed by atoms with Gasteiger partial charge in [0, 0.05) is 17.7 Å². The molecule has 1 aromatic carbocycles. The van der Waals surface area contributed by atoms with Crippen LogP contribution in [0.5, 0.6) is 5.75 Å². The van der Waals surface area contributed by atoms with Gasteiger partial charge < -0.3 is 9.64 Å². The molecule has 0 unspecified atom stereocenters. The number of nitrogens with zero attached hydrogens (tertiary/aromatic N) is 1. The molecule has 3 fully saturated rings. The molecule has 2 bridgehead atoms. The molecule has 23 heavy (non-hydrogen) atoms. The Balaban J connectivity index is 1.44. The van der Waals surface area contributed by atoms with Crippen molar-refractivity contribution in [2.24, 2.45) is 11.8 Å². The summed E-state index contributed by atoms with van der Waals surface area (Å²) in [6, 6.07) is 3.31. The molecule has 4 heteroatoms. The van der Waals surface area contributed by atoms with Crippen LogP contribution in [-0.2, 0) is 0 Å². The second kappa shape index (κ2) is 6.04. The van der Waals surface area contributed by atoms with E-state index >= 15 is 0 Å². The normalized spacial score (nSPS) is 31.7. The van der Waals surface area contributed by atoms with E-state index in [1.165, 1.54) is 44.9 Å². The van der Waals surface area contributed by atoms with Crippen LogP contribution in [0.4, 0.5) is 8.78 Å². The number of halogens is 2. The Kier molecular flexibility index (Phi) is 4.04. The van der Waals surface area contributed by atoms with Gasteiger partial charge in [-0.2, -0.15) is 0 Å². The van der Waals surface area contributed by atoms with Crippen LogP contribution in [0, 0.1) is 23.5 Å². The van der Waals surface area contributed by atoms with Crippen LogP contribution >= 0.6 is 0 Å². The third-order valence-electron chi connectivity index (χ3n) is 6.41. The maximum absolute atomic E-state index is 13.6. The summed E-state index contributed by atoms with van der Waals surface area (Å²) in [5.41, 5.74) is 0.832. The van der Waals surface area contributed by atoms with Gasteiger partial charge in [0.05, 0.1) is 7.11 Å². The maximum atomic E-state index is 13.6. The monoisotopic (exact) mass is 321 g/mol. The molecule has 4 rings (SSSR count). The van der Waals surface area contributed by atoms with Gasteiger partial charge in [-0.3, -0.25) is 0 Å². The predicted octanol–water partition coefficient (Wildman–Crippen LogP) is 4.34. The Bertz CT molecular complexity index is 583. The summed E-state index contributed by atoms with van der Waals surface area (Å²) in [7, 11) is 1.53. The Morgan fingerprint density at radius 2 is 1.74 bits per heavy atom. The molecule has 2 saturated carbocycles. The zero-order valence-electron chi connectivity index (χ0n) is 13.7. The molecule has 0 spiro atoms. The lowest BCUT2D eigenvalue weighted by Gasteiger charge is -2.40. The van der Waals surface area contributed by atoms with Crippen molar-refractivity contribution < 1.29 is 13.5 Å². The number of likely N-dealkylation sites (tertiary alicyclic amines) is 1. The van der Waals surface area contributed by atoms with E-state index in [2.05, 4.69) is 4.90 Å². The lowest BCUT2D eigenvalue weighted by Crippen LogP contribution is -2.43. The maximum Gasteiger partial charge on any atom is 0.162 e. The van der Waals surface area contributed by atoms with Crippen molar-refractivity contribution in [3.05, 3.63) is 29.3 Å². The van der Waals surface area contributed by atoms with E-state index in [-0.39, 0.29) is 5.92 Å². The molecule has 0 N–H and O–H groups in total.